The second-order valence-corrected chi connectivity index (χ2v) is 9.35. The Morgan fingerprint density at radius 2 is 1.93 bits per heavy atom. The van der Waals surface area contributed by atoms with Crippen LogP contribution in [0.2, 0.25) is 0 Å². The first-order valence-electron chi connectivity index (χ1n) is 8.89. The number of nitrogens with one attached hydrogen (secondary N) is 1. The molecule has 1 heterocycles. The normalized spacial score (nSPS) is 25.3. The van der Waals surface area contributed by atoms with Crippen molar-refractivity contribution in [2.75, 3.05) is 11.1 Å². The van der Waals surface area contributed by atoms with Gasteiger partial charge in [-0.2, -0.15) is 0 Å². The number of thiazole rings is 1. The number of nitrogens with zero attached hydrogens (tertiary/aromatic N) is 1. The zero-order valence-corrected chi connectivity index (χ0v) is 16.3. The van der Waals surface area contributed by atoms with Crippen LogP contribution < -0.4 is 5.32 Å². The Balaban J connectivity index is 1.47. The smallest absolute Gasteiger partial charge is 0.307 e. The van der Waals surface area contributed by atoms with Gasteiger partial charge in [-0.25, -0.2) is 4.98 Å². The number of thioether (sulfide) groups is 1. The summed E-state index contributed by atoms with van der Waals surface area (Å²) in [6.07, 6.45) is 4.67. The molecule has 0 radical (unpaired) electrons. The van der Waals surface area contributed by atoms with Gasteiger partial charge in [-0.05, 0) is 36.5 Å². The van der Waals surface area contributed by atoms with Crippen LogP contribution in [0, 0.1) is 23.7 Å². The van der Waals surface area contributed by atoms with Crippen molar-refractivity contribution >= 4 is 56.8 Å². The minimum absolute atomic E-state index is 0.0181. The molecule has 0 spiro atoms. The number of hydrogen-bond acceptors (Lipinski definition) is 6. The Kier molecular flexibility index (Phi) is 5.11. The summed E-state index contributed by atoms with van der Waals surface area (Å²) < 4.78 is 1.67. The molecule has 0 saturated heterocycles. The first kappa shape index (κ1) is 18.9. The van der Waals surface area contributed by atoms with Crippen LogP contribution in [0.25, 0.3) is 10.2 Å². The van der Waals surface area contributed by atoms with Crippen molar-refractivity contribution in [3.63, 3.8) is 0 Å². The number of allylic oxidation sites excluding steroid dienone is 2. The molecule has 1 fully saturated rings. The van der Waals surface area contributed by atoms with Gasteiger partial charge < -0.3 is 15.5 Å². The van der Waals surface area contributed by atoms with Gasteiger partial charge in [0.25, 0.3) is 0 Å². The van der Waals surface area contributed by atoms with Crippen molar-refractivity contribution in [3.8, 4) is 0 Å². The SMILES string of the molecule is O=C(O)CCSc1nc2ccc(NC(=O)[C@@H]3[C@@H](C(=O)O)[C@H]4C=C[C@H]3C4)cc2s1. The van der Waals surface area contributed by atoms with Crippen LogP contribution in [0.3, 0.4) is 0 Å². The lowest BCUT2D eigenvalue weighted by molar-refractivity contribution is -0.146. The van der Waals surface area contributed by atoms with Crippen molar-refractivity contribution in [2.24, 2.45) is 23.7 Å². The quantitative estimate of drug-likeness (QED) is 0.466. The molecule has 3 N–H and O–H groups in total. The van der Waals surface area contributed by atoms with E-state index in [4.69, 9.17) is 5.11 Å². The molecule has 4 rings (SSSR count). The average molecular weight is 418 g/mol. The highest BCUT2D eigenvalue weighted by Crippen LogP contribution is 2.48. The Hall–Kier alpha value is -2.39. The van der Waals surface area contributed by atoms with Gasteiger partial charge in [0.1, 0.15) is 0 Å². The molecule has 7 nitrogen and oxygen atoms in total. The van der Waals surface area contributed by atoms with E-state index >= 15 is 0 Å². The largest absolute Gasteiger partial charge is 0.481 e. The number of carboxylic acids is 2. The second kappa shape index (κ2) is 7.56. The molecule has 1 aromatic carbocycles. The van der Waals surface area contributed by atoms with Crippen LogP contribution in [0.4, 0.5) is 5.69 Å². The van der Waals surface area contributed by atoms with Gasteiger partial charge >= 0.3 is 11.9 Å². The van der Waals surface area contributed by atoms with Gasteiger partial charge in [0.15, 0.2) is 4.34 Å². The molecule has 1 amide bonds. The van der Waals surface area contributed by atoms with E-state index in [-0.39, 0.29) is 24.2 Å². The Morgan fingerprint density at radius 3 is 2.64 bits per heavy atom. The Bertz CT molecular complexity index is 986. The fraction of sp³-hybridized carbons (Fsp3) is 0.368. The number of carbonyl (C=O) groups excluding carboxylic acids is 1. The van der Waals surface area contributed by atoms with Gasteiger partial charge in [-0.3, -0.25) is 14.4 Å². The van der Waals surface area contributed by atoms with Crippen LogP contribution in [-0.2, 0) is 14.4 Å². The van der Waals surface area contributed by atoms with E-state index in [0.717, 1.165) is 21.0 Å². The third-order valence-electron chi connectivity index (χ3n) is 5.22. The lowest BCUT2D eigenvalue weighted by Gasteiger charge is -2.23. The number of hydrogen-bond donors (Lipinski definition) is 3. The van der Waals surface area contributed by atoms with E-state index in [1.165, 1.54) is 23.1 Å². The summed E-state index contributed by atoms with van der Waals surface area (Å²) >= 11 is 2.83. The summed E-state index contributed by atoms with van der Waals surface area (Å²) in [5.41, 5.74) is 1.39. The summed E-state index contributed by atoms with van der Waals surface area (Å²) in [5, 5.41) is 21.1. The minimum atomic E-state index is -0.919. The third-order valence-corrected chi connectivity index (χ3v) is 7.39. The Labute approximate surface area is 168 Å². The summed E-state index contributed by atoms with van der Waals surface area (Å²) in [7, 11) is 0. The van der Waals surface area contributed by atoms with E-state index in [0.29, 0.717) is 11.4 Å². The van der Waals surface area contributed by atoms with E-state index in [9.17, 15) is 19.5 Å². The molecule has 4 atom stereocenters. The van der Waals surface area contributed by atoms with Gasteiger partial charge in [-0.15, -0.1) is 11.3 Å². The summed E-state index contributed by atoms with van der Waals surface area (Å²) in [6, 6.07) is 5.38. The van der Waals surface area contributed by atoms with Crippen molar-refractivity contribution < 1.29 is 24.6 Å². The van der Waals surface area contributed by atoms with Gasteiger partial charge in [0.05, 0.1) is 28.5 Å². The number of amides is 1. The predicted octanol–water partition coefficient (Wildman–Crippen LogP) is 3.32. The van der Waals surface area contributed by atoms with Gasteiger partial charge in [0, 0.05) is 11.4 Å². The Morgan fingerprint density at radius 1 is 1.18 bits per heavy atom. The van der Waals surface area contributed by atoms with Crippen LogP contribution in [0.1, 0.15) is 12.8 Å². The molecule has 1 aromatic heterocycles. The number of aliphatic carboxylic acids is 2. The number of aromatic nitrogens is 1. The summed E-state index contributed by atoms with van der Waals surface area (Å²) in [4.78, 5) is 39.5. The average Bonchev–Trinajstić information content (AvgIpc) is 3.34. The van der Waals surface area contributed by atoms with E-state index in [1.54, 1.807) is 12.1 Å². The maximum absolute atomic E-state index is 12.8. The number of anilines is 1. The molecule has 1 saturated carbocycles. The minimum Gasteiger partial charge on any atom is -0.481 e. The molecule has 2 aromatic rings. The first-order valence-corrected chi connectivity index (χ1v) is 10.7. The highest BCUT2D eigenvalue weighted by molar-refractivity contribution is 8.01. The van der Waals surface area contributed by atoms with Crippen molar-refractivity contribution in [2.45, 2.75) is 17.2 Å². The maximum atomic E-state index is 12.8. The molecule has 0 aliphatic heterocycles. The number of rotatable bonds is 7. The van der Waals surface area contributed by atoms with Crippen molar-refractivity contribution in [1.29, 1.82) is 0 Å². The van der Waals surface area contributed by atoms with Crippen molar-refractivity contribution in [1.82, 2.24) is 4.98 Å². The molecule has 2 aliphatic rings. The highest BCUT2D eigenvalue weighted by Gasteiger charge is 2.51. The lowest BCUT2D eigenvalue weighted by atomic mass is 9.82. The summed E-state index contributed by atoms with van der Waals surface area (Å²) in [5.74, 6) is -2.86. The molecular weight excluding hydrogens is 400 g/mol. The van der Waals surface area contributed by atoms with E-state index in [1.807, 2.05) is 18.2 Å². The van der Waals surface area contributed by atoms with Gasteiger partial charge in [0.2, 0.25) is 5.91 Å². The molecule has 2 bridgehead atoms. The fourth-order valence-corrected chi connectivity index (χ4v) is 6.12. The number of fused-ring (bicyclic) bond motifs is 3. The number of benzene rings is 1. The molecule has 9 heteroatoms. The zero-order valence-electron chi connectivity index (χ0n) is 14.7. The van der Waals surface area contributed by atoms with Gasteiger partial charge in [-0.1, -0.05) is 23.9 Å². The van der Waals surface area contributed by atoms with Crippen LogP contribution >= 0.6 is 23.1 Å². The number of carbonyl (C=O) groups is 3. The molecule has 2 aliphatic carbocycles. The van der Waals surface area contributed by atoms with Crippen LogP contribution in [0.5, 0.6) is 0 Å². The van der Waals surface area contributed by atoms with E-state index < -0.39 is 23.8 Å². The molecule has 0 unspecified atom stereocenters. The monoisotopic (exact) mass is 418 g/mol. The number of carboxylic acid groups (broad SMARTS) is 2. The van der Waals surface area contributed by atoms with E-state index in [2.05, 4.69) is 10.3 Å². The fourth-order valence-electron chi connectivity index (χ4n) is 4.01. The standard InChI is InChI=1S/C19H18N2O5S2/c22-14(23)5-6-27-19-21-12-4-3-11(8-13(12)28-19)20-17(24)15-9-1-2-10(7-9)16(15)18(25)26/h1-4,8-10,15-16H,5-7H2,(H,20,24)(H,22,23)(H,25,26)/t9-,10-,15-,16-/m0/s1. The zero-order chi connectivity index (χ0) is 19.8. The molecular formula is C19H18N2O5S2. The topological polar surface area (TPSA) is 117 Å². The predicted molar refractivity (Wildman–Crippen MR) is 107 cm³/mol. The summed E-state index contributed by atoms with van der Waals surface area (Å²) in [6.45, 7) is 0. The van der Waals surface area contributed by atoms with Crippen molar-refractivity contribution in [3.05, 3.63) is 30.4 Å². The van der Waals surface area contributed by atoms with Crippen LogP contribution in [-0.4, -0.2) is 38.8 Å². The van der Waals surface area contributed by atoms with Crippen LogP contribution in [0.15, 0.2) is 34.7 Å². The second-order valence-electron chi connectivity index (χ2n) is 6.98. The maximum Gasteiger partial charge on any atom is 0.307 e. The molecule has 146 valence electrons. The molecule has 28 heavy (non-hydrogen) atoms. The third kappa shape index (κ3) is 3.64. The lowest BCUT2D eigenvalue weighted by Crippen LogP contribution is -2.36. The highest BCUT2D eigenvalue weighted by atomic mass is 32.2. The first-order chi connectivity index (χ1) is 13.4.